The molecule has 5 nitrogen and oxygen atoms in total. The number of benzene rings is 1. The Morgan fingerprint density at radius 2 is 2.12 bits per heavy atom. The fourth-order valence-electron chi connectivity index (χ4n) is 3.63. The molecule has 0 saturated carbocycles. The number of piperidine rings is 1. The van der Waals surface area contributed by atoms with Crippen LogP contribution in [0, 0.1) is 12.8 Å². The van der Waals surface area contributed by atoms with E-state index in [-0.39, 0.29) is 17.5 Å². The van der Waals surface area contributed by atoms with Crippen molar-refractivity contribution in [2.45, 2.75) is 52.6 Å². The highest BCUT2D eigenvalue weighted by Crippen LogP contribution is 2.22. The van der Waals surface area contributed by atoms with Crippen molar-refractivity contribution in [3.05, 3.63) is 40.4 Å². The zero-order valence-corrected chi connectivity index (χ0v) is 14.7. The van der Waals surface area contributed by atoms with E-state index >= 15 is 0 Å². The summed E-state index contributed by atoms with van der Waals surface area (Å²) in [6, 6.07) is 5.90. The molecular formula is C19H25N3O2. The average Bonchev–Trinajstić information content (AvgIpc) is 2.54. The van der Waals surface area contributed by atoms with Gasteiger partial charge in [-0.1, -0.05) is 19.1 Å². The Kier molecular flexibility index (Phi) is 4.69. The molecule has 3 rings (SSSR count). The number of carbonyl (C=O) groups is 1. The zero-order chi connectivity index (χ0) is 17.3. The second-order valence-electron chi connectivity index (χ2n) is 7.03. The van der Waals surface area contributed by atoms with Crippen LogP contribution < -0.4 is 5.56 Å². The van der Waals surface area contributed by atoms with Gasteiger partial charge in [-0.25, -0.2) is 4.98 Å². The van der Waals surface area contributed by atoms with Crippen molar-refractivity contribution in [1.82, 2.24) is 14.5 Å². The van der Waals surface area contributed by atoms with Crippen molar-refractivity contribution >= 4 is 16.8 Å². The lowest BCUT2D eigenvalue weighted by molar-refractivity contribution is -0.135. The third kappa shape index (κ3) is 3.21. The van der Waals surface area contributed by atoms with Crippen LogP contribution in [-0.4, -0.2) is 32.9 Å². The summed E-state index contributed by atoms with van der Waals surface area (Å²) < 4.78 is 1.55. The van der Waals surface area contributed by atoms with Gasteiger partial charge in [0.05, 0.1) is 17.2 Å². The number of amides is 1. The smallest absolute Gasteiger partial charge is 0.261 e. The summed E-state index contributed by atoms with van der Waals surface area (Å²) in [5, 5.41) is 0.616. The molecule has 1 aromatic heterocycles. The van der Waals surface area contributed by atoms with E-state index in [0.717, 1.165) is 30.5 Å². The fourth-order valence-corrected chi connectivity index (χ4v) is 3.63. The van der Waals surface area contributed by atoms with Gasteiger partial charge in [-0.05, 0) is 44.2 Å². The van der Waals surface area contributed by atoms with Crippen LogP contribution in [0.1, 0.15) is 38.7 Å². The molecule has 0 spiro atoms. The standard InChI is InChI=1S/C19H25N3O2/c1-13-7-10-22(15(3)11-13)17(23)8-9-21-12-20-18-14(2)5-4-6-16(18)19(21)24/h4-6,12-13,15H,7-11H2,1-3H3/t13-,15+/m1/s1. The van der Waals surface area contributed by atoms with E-state index < -0.39 is 0 Å². The van der Waals surface area contributed by atoms with Crippen molar-refractivity contribution in [2.75, 3.05) is 6.54 Å². The van der Waals surface area contributed by atoms with Crippen molar-refractivity contribution in [3.63, 3.8) is 0 Å². The summed E-state index contributed by atoms with van der Waals surface area (Å²) in [6.45, 7) is 7.50. The predicted octanol–water partition coefficient (Wildman–Crippen LogP) is 2.74. The van der Waals surface area contributed by atoms with Gasteiger partial charge < -0.3 is 4.90 Å². The van der Waals surface area contributed by atoms with E-state index in [2.05, 4.69) is 18.8 Å². The molecule has 128 valence electrons. The molecule has 0 N–H and O–H groups in total. The third-order valence-electron chi connectivity index (χ3n) is 5.08. The molecule has 1 aliphatic rings. The molecule has 1 amide bonds. The largest absolute Gasteiger partial charge is 0.340 e. The minimum Gasteiger partial charge on any atom is -0.340 e. The van der Waals surface area contributed by atoms with Gasteiger partial charge in [0.15, 0.2) is 0 Å². The van der Waals surface area contributed by atoms with Gasteiger partial charge in [0.2, 0.25) is 5.91 Å². The normalized spacial score (nSPS) is 21.2. The lowest BCUT2D eigenvalue weighted by Gasteiger charge is -2.36. The van der Waals surface area contributed by atoms with Gasteiger partial charge in [-0.3, -0.25) is 14.2 Å². The van der Waals surface area contributed by atoms with E-state index in [9.17, 15) is 9.59 Å². The molecule has 24 heavy (non-hydrogen) atoms. The van der Waals surface area contributed by atoms with E-state index in [1.165, 1.54) is 0 Å². The number of carbonyl (C=O) groups excluding carboxylic acids is 1. The van der Waals surface area contributed by atoms with Crippen LogP contribution in [0.5, 0.6) is 0 Å². The minimum absolute atomic E-state index is 0.0724. The van der Waals surface area contributed by atoms with Crippen LogP contribution >= 0.6 is 0 Å². The molecule has 0 unspecified atom stereocenters. The predicted molar refractivity (Wildman–Crippen MR) is 94.9 cm³/mol. The SMILES string of the molecule is Cc1cccc2c(=O)n(CCC(=O)N3CC[C@@H](C)C[C@@H]3C)cnc12. The first-order valence-electron chi connectivity index (χ1n) is 8.71. The fraction of sp³-hybridized carbons (Fsp3) is 0.526. The summed E-state index contributed by atoms with van der Waals surface area (Å²) in [5.74, 6) is 0.810. The Morgan fingerprint density at radius 3 is 2.88 bits per heavy atom. The Balaban J connectivity index is 1.73. The van der Waals surface area contributed by atoms with Crippen molar-refractivity contribution in [1.29, 1.82) is 0 Å². The quantitative estimate of drug-likeness (QED) is 0.871. The lowest BCUT2D eigenvalue weighted by atomic mass is 9.93. The Morgan fingerprint density at radius 1 is 1.33 bits per heavy atom. The average molecular weight is 327 g/mol. The molecule has 1 aliphatic heterocycles. The summed E-state index contributed by atoms with van der Waals surface area (Å²) in [4.78, 5) is 31.4. The van der Waals surface area contributed by atoms with Gasteiger partial charge in [0.25, 0.3) is 5.56 Å². The molecule has 1 saturated heterocycles. The molecule has 2 heterocycles. The number of aromatic nitrogens is 2. The summed E-state index contributed by atoms with van der Waals surface area (Å²) in [7, 11) is 0. The van der Waals surface area contributed by atoms with Gasteiger partial charge >= 0.3 is 0 Å². The zero-order valence-electron chi connectivity index (χ0n) is 14.7. The van der Waals surface area contributed by atoms with Crippen LogP contribution in [0.3, 0.4) is 0 Å². The van der Waals surface area contributed by atoms with Crippen LogP contribution in [0.15, 0.2) is 29.3 Å². The molecule has 0 aliphatic carbocycles. The summed E-state index contributed by atoms with van der Waals surface area (Å²) in [5.41, 5.74) is 1.66. The summed E-state index contributed by atoms with van der Waals surface area (Å²) in [6.07, 6.45) is 4.03. The second kappa shape index (κ2) is 6.75. The lowest BCUT2D eigenvalue weighted by Crippen LogP contribution is -2.44. The van der Waals surface area contributed by atoms with Gasteiger partial charge in [0, 0.05) is 25.6 Å². The third-order valence-corrected chi connectivity index (χ3v) is 5.08. The van der Waals surface area contributed by atoms with Crippen LogP contribution in [-0.2, 0) is 11.3 Å². The maximum absolute atomic E-state index is 12.6. The summed E-state index contributed by atoms with van der Waals surface area (Å²) >= 11 is 0. The maximum atomic E-state index is 12.6. The van der Waals surface area contributed by atoms with Crippen LogP contribution in [0.2, 0.25) is 0 Å². The maximum Gasteiger partial charge on any atom is 0.261 e. The number of likely N-dealkylation sites (tertiary alicyclic amines) is 1. The highest BCUT2D eigenvalue weighted by atomic mass is 16.2. The van der Waals surface area contributed by atoms with Crippen LogP contribution in [0.4, 0.5) is 0 Å². The van der Waals surface area contributed by atoms with E-state index in [4.69, 9.17) is 0 Å². The molecular weight excluding hydrogens is 302 g/mol. The first-order valence-corrected chi connectivity index (χ1v) is 8.71. The van der Waals surface area contributed by atoms with Crippen molar-refractivity contribution in [2.24, 2.45) is 5.92 Å². The highest BCUT2D eigenvalue weighted by Gasteiger charge is 2.26. The number of para-hydroxylation sites is 1. The van der Waals surface area contributed by atoms with Crippen LogP contribution in [0.25, 0.3) is 10.9 Å². The molecule has 0 bridgehead atoms. The second-order valence-corrected chi connectivity index (χ2v) is 7.03. The highest BCUT2D eigenvalue weighted by molar-refractivity contribution is 5.80. The van der Waals surface area contributed by atoms with Gasteiger partial charge in [-0.15, -0.1) is 0 Å². The van der Waals surface area contributed by atoms with E-state index in [1.807, 2.05) is 24.0 Å². The monoisotopic (exact) mass is 327 g/mol. The molecule has 5 heteroatoms. The van der Waals surface area contributed by atoms with Gasteiger partial charge in [-0.2, -0.15) is 0 Å². The Bertz CT molecular complexity index is 812. The number of hydrogen-bond acceptors (Lipinski definition) is 3. The van der Waals surface area contributed by atoms with E-state index in [1.54, 1.807) is 17.0 Å². The molecule has 0 radical (unpaired) electrons. The number of aryl methyl sites for hydroxylation is 2. The van der Waals surface area contributed by atoms with Crippen molar-refractivity contribution in [3.8, 4) is 0 Å². The topological polar surface area (TPSA) is 55.2 Å². The molecule has 2 atom stereocenters. The Hall–Kier alpha value is -2.17. The molecule has 1 aromatic carbocycles. The first kappa shape index (κ1) is 16.7. The molecule has 1 fully saturated rings. The Labute approximate surface area is 142 Å². The minimum atomic E-state index is -0.0724. The number of hydrogen-bond donors (Lipinski definition) is 0. The van der Waals surface area contributed by atoms with Gasteiger partial charge in [0.1, 0.15) is 0 Å². The van der Waals surface area contributed by atoms with Crippen molar-refractivity contribution < 1.29 is 4.79 Å². The van der Waals surface area contributed by atoms with E-state index in [0.29, 0.717) is 24.3 Å². The number of fused-ring (bicyclic) bond motifs is 1. The molecule has 2 aromatic rings. The first-order chi connectivity index (χ1) is 11.5. The number of rotatable bonds is 3. The number of nitrogens with zero attached hydrogens (tertiary/aromatic N) is 3.